The SMILES string of the molecule is O=[N+]([O-])c1ccccc1-c1ccc(/C=N\Nc2nc(Nc3ccccc3)nc(N3CCOCC3)n2)o1. The number of nitrogens with zero attached hydrogens (tertiary/aromatic N) is 6. The number of hydrogen-bond donors (Lipinski definition) is 2. The number of aromatic nitrogens is 3. The molecule has 4 aromatic rings. The van der Waals surface area contributed by atoms with Crippen LogP contribution in [0, 0.1) is 10.1 Å². The van der Waals surface area contributed by atoms with Crippen molar-refractivity contribution in [2.75, 3.05) is 41.9 Å². The minimum atomic E-state index is -0.443. The average molecular weight is 486 g/mol. The molecule has 1 fully saturated rings. The number of anilines is 4. The lowest BCUT2D eigenvalue weighted by Gasteiger charge is -2.27. The Hall–Kier alpha value is -4.84. The Morgan fingerprint density at radius 2 is 1.69 bits per heavy atom. The van der Waals surface area contributed by atoms with Crippen molar-refractivity contribution in [2.45, 2.75) is 0 Å². The van der Waals surface area contributed by atoms with Crippen LogP contribution in [0.2, 0.25) is 0 Å². The van der Waals surface area contributed by atoms with Crippen LogP contribution in [0.5, 0.6) is 0 Å². The smallest absolute Gasteiger partial charge is 0.280 e. The van der Waals surface area contributed by atoms with Crippen LogP contribution < -0.4 is 15.6 Å². The molecule has 0 amide bonds. The zero-order valence-electron chi connectivity index (χ0n) is 19.1. The molecule has 2 aromatic carbocycles. The summed E-state index contributed by atoms with van der Waals surface area (Å²) in [6.07, 6.45) is 1.45. The molecule has 0 atom stereocenters. The molecule has 2 N–H and O–H groups in total. The van der Waals surface area contributed by atoms with E-state index in [1.165, 1.54) is 12.3 Å². The van der Waals surface area contributed by atoms with Crippen LogP contribution in [0.1, 0.15) is 5.76 Å². The Bertz CT molecular complexity index is 1370. The fraction of sp³-hybridized carbons (Fsp3) is 0.167. The highest BCUT2D eigenvalue weighted by Crippen LogP contribution is 2.30. The predicted molar refractivity (Wildman–Crippen MR) is 135 cm³/mol. The van der Waals surface area contributed by atoms with Crippen LogP contribution in [0.25, 0.3) is 11.3 Å². The van der Waals surface area contributed by atoms with E-state index in [0.29, 0.717) is 55.3 Å². The third-order valence-corrected chi connectivity index (χ3v) is 5.30. The van der Waals surface area contributed by atoms with E-state index in [9.17, 15) is 10.1 Å². The van der Waals surface area contributed by atoms with Gasteiger partial charge < -0.3 is 19.4 Å². The number of nitrogens with one attached hydrogen (secondary N) is 2. The minimum absolute atomic E-state index is 0.0345. The molecule has 182 valence electrons. The molecule has 1 aliphatic rings. The van der Waals surface area contributed by atoms with Crippen LogP contribution >= 0.6 is 0 Å². The zero-order valence-corrected chi connectivity index (χ0v) is 19.1. The van der Waals surface area contributed by atoms with E-state index in [2.05, 4.69) is 30.8 Å². The molecule has 2 aromatic heterocycles. The summed E-state index contributed by atoms with van der Waals surface area (Å²) in [5, 5.41) is 18.7. The normalized spacial score (nSPS) is 13.6. The van der Waals surface area contributed by atoms with Crippen molar-refractivity contribution in [3.63, 3.8) is 0 Å². The average Bonchev–Trinajstić information content (AvgIpc) is 3.38. The van der Waals surface area contributed by atoms with E-state index in [1.807, 2.05) is 35.2 Å². The molecule has 5 rings (SSSR count). The van der Waals surface area contributed by atoms with Crippen molar-refractivity contribution >= 4 is 35.4 Å². The number of ether oxygens (including phenoxy) is 1. The highest BCUT2D eigenvalue weighted by atomic mass is 16.6. The summed E-state index contributed by atoms with van der Waals surface area (Å²) in [6.45, 7) is 2.51. The maximum absolute atomic E-state index is 11.3. The number of nitro groups is 1. The fourth-order valence-corrected chi connectivity index (χ4v) is 3.59. The Labute approximate surface area is 205 Å². The van der Waals surface area contributed by atoms with Crippen molar-refractivity contribution in [1.82, 2.24) is 15.0 Å². The van der Waals surface area contributed by atoms with E-state index in [-0.39, 0.29) is 11.6 Å². The van der Waals surface area contributed by atoms with Crippen molar-refractivity contribution in [2.24, 2.45) is 5.10 Å². The van der Waals surface area contributed by atoms with E-state index in [0.717, 1.165) is 5.69 Å². The summed E-state index contributed by atoms with van der Waals surface area (Å²) in [4.78, 5) is 26.3. The predicted octanol–water partition coefficient (Wildman–Crippen LogP) is 4.07. The summed E-state index contributed by atoms with van der Waals surface area (Å²) in [6, 6.07) is 19.3. The Balaban J connectivity index is 1.35. The molecule has 12 heteroatoms. The molecule has 1 saturated heterocycles. The lowest BCUT2D eigenvalue weighted by atomic mass is 10.1. The number of para-hydroxylation sites is 2. The van der Waals surface area contributed by atoms with Gasteiger partial charge in [-0.2, -0.15) is 20.1 Å². The monoisotopic (exact) mass is 486 g/mol. The Morgan fingerprint density at radius 3 is 2.50 bits per heavy atom. The van der Waals surface area contributed by atoms with Gasteiger partial charge in [-0.05, 0) is 30.3 Å². The Kier molecular flexibility index (Phi) is 6.76. The molecule has 0 bridgehead atoms. The standard InChI is InChI=1S/C24H22N8O4/c33-32(34)20-9-5-4-8-19(20)21-11-10-18(36-21)16-25-30-23-27-22(26-17-6-2-1-3-7-17)28-24(29-23)31-12-14-35-15-13-31/h1-11,16H,12-15H2,(H2,26,27,28,29,30)/b25-16-. The minimum Gasteiger partial charge on any atom is -0.455 e. The van der Waals surface area contributed by atoms with Gasteiger partial charge in [0.1, 0.15) is 11.5 Å². The quantitative estimate of drug-likeness (QED) is 0.212. The highest BCUT2D eigenvalue weighted by Gasteiger charge is 2.18. The van der Waals surface area contributed by atoms with E-state index in [4.69, 9.17) is 9.15 Å². The third-order valence-electron chi connectivity index (χ3n) is 5.30. The van der Waals surface area contributed by atoms with E-state index < -0.39 is 4.92 Å². The molecule has 12 nitrogen and oxygen atoms in total. The molecule has 0 unspecified atom stereocenters. The van der Waals surface area contributed by atoms with Crippen LogP contribution in [0.15, 0.2) is 76.2 Å². The van der Waals surface area contributed by atoms with Crippen LogP contribution in [-0.4, -0.2) is 52.4 Å². The van der Waals surface area contributed by atoms with Crippen molar-refractivity contribution in [3.8, 4) is 11.3 Å². The van der Waals surface area contributed by atoms with Gasteiger partial charge in [-0.1, -0.05) is 30.3 Å². The van der Waals surface area contributed by atoms with Crippen molar-refractivity contribution in [3.05, 3.63) is 82.6 Å². The van der Waals surface area contributed by atoms with Gasteiger partial charge in [0.15, 0.2) is 0 Å². The Morgan fingerprint density at radius 1 is 0.944 bits per heavy atom. The molecular formula is C24H22N8O4. The topological polar surface area (TPSA) is 144 Å². The van der Waals surface area contributed by atoms with Crippen molar-refractivity contribution in [1.29, 1.82) is 0 Å². The molecule has 3 heterocycles. The first-order valence-electron chi connectivity index (χ1n) is 11.2. The number of furan rings is 1. The van der Waals surface area contributed by atoms with Gasteiger partial charge in [0.25, 0.3) is 5.69 Å². The summed E-state index contributed by atoms with van der Waals surface area (Å²) in [5.41, 5.74) is 4.01. The number of hydrogen-bond acceptors (Lipinski definition) is 11. The lowest BCUT2D eigenvalue weighted by molar-refractivity contribution is -0.384. The molecule has 0 radical (unpaired) electrons. The second kappa shape index (κ2) is 10.6. The molecule has 36 heavy (non-hydrogen) atoms. The largest absolute Gasteiger partial charge is 0.455 e. The van der Waals surface area contributed by atoms with Gasteiger partial charge in [-0.15, -0.1) is 0 Å². The molecule has 0 saturated carbocycles. The second-order valence-electron chi connectivity index (χ2n) is 7.72. The fourth-order valence-electron chi connectivity index (χ4n) is 3.59. The number of morpholine rings is 1. The molecule has 0 spiro atoms. The van der Waals surface area contributed by atoms with Crippen LogP contribution in [0.4, 0.5) is 29.2 Å². The maximum Gasteiger partial charge on any atom is 0.280 e. The number of hydrazone groups is 1. The lowest BCUT2D eigenvalue weighted by Crippen LogP contribution is -2.37. The van der Waals surface area contributed by atoms with Gasteiger partial charge in [0, 0.05) is 24.8 Å². The van der Waals surface area contributed by atoms with Gasteiger partial charge in [-0.25, -0.2) is 5.43 Å². The third kappa shape index (κ3) is 5.45. The van der Waals surface area contributed by atoms with Gasteiger partial charge >= 0.3 is 0 Å². The number of rotatable bonds is 8. The van der Waals surface area contributed by atoms with Crippen LogP contribution in [-0.2, 0) is 4.74 Å². The van der Waals surface area contributed by atoms with E-state index >= 15 is 0 Å². The maximum atomic E-state index is 11.3. The first kappa shape index (κ1) is 22.9. The van der Waals surface area contributed by atoms with Crippen molar-refractivity contribution < 1.29 is 14.1 Å². The first-order chi connectivity index (χ1) is 17.7. The summed E-state index contributed by atoms with van der Waals surface area (Å²) >= 11 is 0. The molecule has 0 aliphatic carbocycles. The van der Waals surface area contributed by atoms with Gasteiger partial charge in [-0.3, -0.25) is 10.1 Å². The zero-order chi connectivity index (χ0) is 24.7. The summed E-state index contributed by atoms with van der Waals surface area (Å²) in [7, 11) is 0. The van der Waals surface area contributed by atoms with Gasteiger partial charge in [0.05, 0.1) is 29.9 Å². The molecule has 1 aliphatic heterocycles. The molecular weight excluding hydrogens is 464 g/mol. The number of benzene rings is 2. The number of nitro benzene ring substituents is 1. The first-order valence-corrected chi connectivity index (χ1v) is 11.2. The van der Waals surface area contributed by atoms with E-state index in [1.54, 1.807) is 30.3 Å². The summed E-state index contributed by atoms with van der Waals surface area (Å²) < 4.78 is 11.2. The second-order valence-corrected chi connectivity index (χ2v) is 7.72. The highest BCUT2D eigenvalue weighted by molar-refractivity contribution is 5.79. The van der Waals surface area contributed by atoms with Gasteiger partial charge in [0.2, 0.25) is 17.8 Å². The van der Waals surface area contributed by atoms with Crippen LogP contribution in [0.3, 0.4) is 0 Å². The summed E-state index contributed by atoms with van der Waals surface area (Å²) in [5.74, 6) is 1.88.